The Labute approximate surface area is 95.0 Å². The van der Waals surface area contributed by atoms with Gasteiger partial charge in [0.15, 0.2) is 9.84 Å². The number of carbonyl (C=O) groups excluding carboxylic acids is 1. The Balaban J connectivity index is 2.01. The molecule has 2 saturated heterocycles. The van der Waals surface area contributed by atoms with Crippen LogP contribution in [0, 0.1) is 17.2 Å². The molecule has 0 aromatic heterocycles. The average molecular weight is 242 g/mol. The fourth-order valence-corrected chi connectivity index (χ4v) is 4.18. The number of nitrogens with zero attached hydrogens (tertiary/aromatic N) is 2. The minimum Gasteiger partial charge on any atom is -0.340 e. The van der Waals surface area contributed by atoms with Crippen LogP contribution in [0.3, 0.4) is 0 Å². The van der Waals surface area contributed by atoms with Crippen LogP contribution in [0.5, 0.6) is 0 Å². The van der Waals surface area contributed by atoms with Gasteiger partial charge in [-0.2, -0.15) is 5.26 Å². The van der Waals surface area contributed by atoms with E-state index in [2.05, 4.69) is 6.07 Å². The smallest absolute Gasteiger partial charge is 0.224 e. The highest BCUT2D eigenvalue weighted by Gasteiger charge is 2.37. The maximum Gasteiger partial charge on any atom is 0.224 e. The first-order valence-electron chi connectivity index (χ1n) is 5.42. The molecule has 2 aliphatic heterocycles. The van der Waals surface area contributed by atoms with E-state index in [1.165, 1.54) is 4.90 Å². The van der Waals surface area contributed by atoms with Crippen molar-refractivity contribution in [3.8, 4) is 6.07 Å². The van der Waals surface area contributed by atoms with Gasteiger partial charge in [-0.3, -0.25) is 4.79 Å². The monoisotopic (exact) mass is 242 g/mol. The molecule has 2 fully saturated rings. The summed E-state index contributed by atoms with van der Waals surface area (Å²) in [6.45, 7) is 0.667. The van der Waals surface area contributed by atoms with Crippen molar-refractivity contribution < 1.29 is 13.2 Å². The second kappa shape index (κ2) is 4.06. The van der Waals surface area contributed by atoms with Crippen LogP contribution < -0.4 is 0 Å². The summed E-state index contributed by atoms with van der Waals surface area (Å²) in [7, 11) is -3.00. The normalized spacial score (nSPS) is 32.9. The molecule has 0 saturated carbocycles. The highest BCUT2D eigenvalue weighted by molar-refractivity contribution is 7.92. The molecule has 0 aliphatic carbocycles. The van der Waals surface area contributed by atoms with E-state index in [-0.39, 0.29) is 30.5 Å². The van der Waals surface area contributed by atoms with Crippen molar-refractivity contribution in [2.24, 2.45) is 5.92 Å². The SMILES string of the molecule is N#CC1CC(=O)N(CC2CCCS2(=O)=O)C1. The molecule has 2 atom stereocenters. The number of rotatable bonds is 2. The maximum absolute atomic E-state index is 11.6. The third-order valence-corrected chi connectivity index (χ3v) is 5.54. The van der Waals surface area contributed by atoms with E-state index in [9.17, 15) is 13.2 Å². The van der Waals surface area contributed by atoms with Crippen LogP contribution in [0.1, 0.15) is 19.3 Å². The first-order valence-corrected chi connectivity index (χ1v) is 7.13. The van der Waals surface area contributed by atoms with E-state index in [4.69, 9.17) is 5.26 Å². The zero-order valence-corrected chi connectivity index (χ0v) is 9.74. The molecule has 0 aromatic carbocycles. The molecule has 2 heterocycles. The summed E-state index contributed by atoms with van der Waals surface area (Å²) < 4.78 is 23.2. The standard InChI is InChI=1S/C10H14N2O3S/c11-5-8-4-10(13)12(6-8)7-9-2-1-3-16(9,14)15/h8-9H,1-4,6-7H2. The Hall–Kier alpha value is -1.09. The Kier molecular flexibility index (Phi) is 2.89. The van der Waals surface area contributed by atoms with Crippen LogP contribution in [0.25, 0.3) is 0 Å². The maximum atomic E-state index is 11.6. The fraction of sp³-hybridized carbons (Fsp3) is 0.800. The molecule has 0 bridgehead atoms. The molecule has 88 valence electrons. The lowest BCUT2D eigenvalue weighted by Crippen LogP contribution is -2.35. The Morgan fingerprint density at radius 1 is 1.50 bits per heavy atom. The molecule has 2 unspecified atom stereocenters. The number of amides is 1. The zero-order chi connectivity index (χ0) is 11.8. The van der Waals surface area contributed by atoms with Crippen molar-refractivity contribution in [3.63, 3.8) is 0 Å². The van der Waals surface area contributed by atoms with Crippen molar-refractivity contribution in [3.05, 3.63) is 0 Å². The topological polar surface area (TPSA) is 78.2 Å². The molecule has 0 radical (unpaired) electrons. The Morgan fingerprint density at radius 2 is 2.25 bits per heavy atom. The highest BCUT2D eigenvalue weighted by atomic mass is 32.2. The van der Waals surface area contributed by atoms with Gasteiger partial charge in [0.2, 0.25) is 5.91 Å². The summed E-state index contributed by atoms with van der Waals surface area (Å²) in [6, 6.07) is 2.06. The van der Waals surface area contributed by atoms with E-state index in [0.717, 1.165) is 0 Å². The molecular weight excluding hydrogens is 228 g/mol. The van der Waals surface area contributed by atoms with Crippen LogP contribution in [-0.4, -0.2) is 43.3 Å². The van der Waals surface area contributed by atoms with Crippen molar-refractivity contribution in [2.45, 2.75) is 24.5 Å². The summed E-state index contributed by atoms with van der Waals surface area (Å²) in [5, 5.41) is 8.31. The van der Waals surface area contributed by atoms with Crippen molar-refractivity contribution >= 4 is 15.7 Å². The molecule has 6 heteroatoms. The van der Waals surface area contributed by atoms with Crippen molar-refractivity contribution in [1.29, 1.82) is 5.26 Å². The number of nitriles is 1. The third-order valence-electron chi connectivity index (χ3n) is 3.28. The summed E-state index contributed by atoms with van der Waals surface area (Å²) in [6.07, 6.45) is 1.57. The van der Waals surface area contributed by atoms with E-state index in [1.54, 1.807) is 0 Å². The second-order valence-corrected chi connectivity index (χ2v) is 6.86. The van der Waals surface area contributed by atoms with Gasteiger partial charge in [-0.05, 0) is 12.8 Å². The molecule has 2 rings (SSSR count). The van der Waals surface area contributed by atoms with Gasteiger partial charge < -0.3 is 4.90 Å². The van der Waals surface area contributed by atoms with Gasteiger partial charge >= 0.3 is 0 Å². The molecule has 0 spiro atoms. The third kappa shape index (κ3) is 2.05. The number of carbonyl (C=O) groups is 1. The fourth-order valence-electron chi connectivity index (χ4n) is 2.34. The summed E-state index contributed by atoms with van der Waals surface area (Å²) in [4.78, 5) is 13.1. The van der Waals surface area contributed by atoms with E-state index in [1.807, 2.05) is 0 Å². The van der Waals surface area contributed by atoms with Crippen LogP contribution in [0.2, 0.25) is 0 Å². The van der Waals surface area contributed by atoms with Gasteiger partial charge in [-0.15, -0.1) is 0 Å². The lowest BCUT2D eigenvalue weighted by Gasteiger charge is -2.19. The lowest BCUT2D eigenvalue weighted by atomic mass is 10.1. The van der Waals surface area contributed by atoms with Crippen LogP contribution in [0.15, 0.2) is 0 Å². The predicted octanol–water partition coefficient (Wildman–Crippen LogP) is -0.0643. The van der Waals surface area contributed by atoms with Gasteiger partial charge in [0, 0.05) is 19.5 Å². The number of likely N-dealkylation sites (tertiary alicyclic amines) is 1. The van der Waals surface area contributed by atoms with Gasteiger partial charge in [-0.25, -0.2) is 8.42 Å². The van der Waals surface area contributed by atoms with Gasteiger partial charge in [0.1, 0.15) is 0 Å². The summed E-state index contributed by atoms with van der Waals surface area (Å²) in [5.41, 5.74) is 0. The molecule has 5 nitrogen and oxygen atoms in total. The van der Waals surface area contributed by atoms with Crippen LogP contribution in [-0.2, 0) is 14.6 Å². The van der Waals surface area contributed by atoms with E-state index >= 15 is 0 Å². The van der Waals surface area contributed by atoms with Crippen LogP contribution >= 0.6 is 0 Å². The molecule has 16 heavy (non-hydrogen) atoms. The van der Waals surface area contributed by atoms with Crippen molar-refractivity contribution in [2.75, 3.05) is 18.8 Å². The lowest BCUT2D eigenvalue weighted by molar-refractivity contribution is -0.127. The molecule has 0 N–H and O–H groups in total. The second-order valence-electron chi connectivity index (χ2n) is 4.46. The zero-order valence-electron chi connectivity index (χ0n) is 8.92. The number of hydrogen-bond acceptors (Lipinski definition) is 4. The minimum absolute atomic E-state index is 0.0892. The minimum atomic E-state index is -3.00. The Morgan fingerprint density at radius 3 is 2.75 bits per heavy atom. The molecule has 0 aromatic rings. The average Bonchev–Trinajstić information content (AvgIpc) is 2.72. The Bertz CT molecular complexity index is 437. The molecular formula is C10H14N2O3S. The largest absolute Gasteiger partial charge is 0.340 e. The van der Waals surface area contributed by atoms with Crippen LogP contribution in [0.4, 0.5) is 0 Å². The van der Waals surface area contributed by atoms with E-state index in [0.29, 0.717) is 19.4 Å². The number of sulfone groups is 1. The highest BCUT2D eigenvalue weighted by Crippen LogP contribution is 2.24. The van der Waals surface area contributed by atoms with E-state index < -0.39 is 15.1 Å². The summed E-state index contributed by atoms with van der Waals surface area (Å²) >= 11 is 0. The first-order chi connectivity index (χ1) is 7.53. The van der Waals surface area contributed by atoms with Gasteiger partial charge in [0.25, 0.3) is 0 Å². The van der Waals surface area contributed by atoms with Gasteiger partial charge in [0.05, 0.1) is 23.0 Å². The quantitative estimate of drug-likeness (QED) is 0.679. The first kappa shape index (κ1) is 11.4. The molecule has 2 aliphatic rings. The van der Waals surface area contributed by atoms with Crippen molar-refractivity contribution in [1.82, 2.24) is 4.90 Å². The molecule has 1 amide bonds. The number of hydrogen-bond donors (Lipinski definition) is 0. The summed E-state index contributed by atoms with van der Waals surface area (Å²) in [5.74, 6) is -0.119. The predicted molar refractivity (Wildman–Crippen MR) is 57.1 cm³/mol. The van der Waals surface area contributed by atoms with Gasteiger partial charge in [-0.1, -0.05) is 0 Å².